The molecule has 2 aromatic carbocycles. The van der Waals surface area contributed by atoms with Crippen molar-refractivity contribution in [2.45, 2.75) is 44.1 Å². The predicted octanol–water partition coefficient (Wildman–Crippen LogP) is 6.67. The molecule has 0 amide bonds. The van der Waals surface area contributed by atoms with Crippen molar-refractivity contribution in [3.05, 3.63) is 41.0 Å². The molecule has 7 nitrogen and oxygen atoms in total. The highest BCUT2D eigenvalue weighted by molar-refractivity contribution is 7.23. The first-order valence-corrected chi connectivity index (χ1v) is 14.5. The Bertz CT molecular complexity index is 1800. The number of aromatic nitrogens is 2. The Kier molecular flexibility index (Phi) is 7.08. The highest BCUT2D eigenvalue weighted by atomic mass is 32.1. The summed E-state index contributed by atoms with van der Waals surface area (Å²) in [4.78, 5) is 12.1. The molecule has 43 heavy (non-hydrogen) atoms. The summed E-state index contributed by atoms with van der Waals surface area (Å²) < 4.78 is 95.3. The van der Waals surface area contributed by atoms with Gasteiger partial charge in [0.05, 0.1) is 21.4 Å². The minimum Gasteiger partial charge on any atom is -0.461 e. The molecule has 2 atom stereocenters. The number of hydrogen-bond donors (Lipinski definition) is 1. The smallest absolute Gasteiger partial charge is 0.417 e. The molecule has 4 heterocycles. The number of hydrogen-bond acceptors (Lipinski definition) is 8. The zero-order valence-corrected chi connectivity index (χ0v) is 24.0. The van der Waals surface area contributed by atoms with E-state index in [-0.39, 0.29) is 63.0 Å². The number of ether oxygens (including phenoxy) is 1. The molecule has 2 aliphatic heterocycles. The third kappa shape index (κ3) is 4.69. The van der Waals surface area contributed by atoms with E-state index in [2.05, 4.69) is 9.97 Å². The van der Waals surface area contributed by atoms with Crippen LogP contribution in [0.2, 0.25) is 0 Å². The van der Waals surface area contributed by atoms with E-state index in [9.17, 15) is 27.2 Å². The molecule has 0 aliphatic carbocycles. The number of anilines is 2. The Labute approximate surface area is 246 Å². The lowest BCUT2D eigenvalue weighted by atomic mass is 9.92. The zero-order chi connectivity index (χ0) is 30.8. The molecule has 2 aliphatic rings. The average Bonchev–Trinajstić information content (AvgIpc) is 3.60. The van der Waals surface area contributed by atoms with Crippen LogP contribution >= 0.6 is 11.3 Å². The lowest BCUT2D eigenvalue weighted by molar-refractivity contribution is -0.137. The van der Waals surface area contributed by atoms with Gasteiger partial charge < -0.3 is 15.4 Å². The summed E-state index contributed by atoms with van der Waals surface area (Å²) in [5.74, 6) is -2.13. The molecule has 4 aromatic rings. The van der Waals surface area contributed by atoms with Gasteiger partial charge >= 0.3 is 12.2 Å². The number of nitrogen functional groups attached to an aromatic ring is 1. The largest absolute Gasteiger partial charge is 0.461 e. The Morgan fingerprint density at radius 3 is 2.74 bits per heavy atom. The van der Waals surface area contributed by atoms with Crippen molar-refractivity contribution < 1.29 is 31.1 Å². The Morgan fingerprint density at radius 2 is 2.05 bits per heavy atom. The van der Waals surface area contributed by atoms with Crippen molar-refractivity contribution in [3.8, 4) is 23.2 Å². The molecule has 14 heteroatoms. The molecular weight excluding hydrogens is 594 g/mol. The van der Waals surface area contributed by atoms with Crippen LogP contribution in [0.4, 0.5) is 37.2 Å². The summed E-state index contributed by atoms with van der Waals surface area (Å²) >= 11 is 0.693. The summed E-state index contributed by atoms with van der Waals surface area (Å²) in [6.45, 7) is 3.10. The Morgan fingerprint density at radius 1 is 1.28 bits per heavy atom. The number of thiophene rings is 1. The van der Waals surface area contributed by atoms with Crippen LogP contribution in [0.25, 0.3) is 32.1 Å². The molecule has 2 N–H and O–H groups in total. The van der Waals surface area contributed by atoms with Crippen LogP contribution in [0, 0.1) is 23.0 Å². The van der Waals surface area contributed by atoms with Gasteiger partial charge in [0.2, 0.25) is 0 Å². The first kappa shape index (κ1) is 29.3. The van der Waals surface area contributed by atoms with Crippen LogP contribution < -0.4 is 15.4 Å². The van der Waals surface area contributed by atoms with Gasteiger partial charge in [0, 0.05) is 42.9 Å². The minimum atomic E-state index is -5.05. The zero-order valence-electron chi connectivity index (χ0n) is 23.2. The maximum Gasteiger partial charge on any atom is 0.417 e. The van der Waals surface area contributed by atoms with E-state index in [0.29, 0.717) is 30.8 Å². The summed E-state index contributed by atoms with van der Waals surface area (Å²) in [7, 11) is 1.59. The van der Waals surface area contributed by atoms with Crippen LogP contribution in [0.3, 0.4) is 0 Å². The van der Waals surface area contributed by atoms with Gasteiger partial charge in [0.1, 0.15) is 41.0 Å². The lowest BCUT2D eigenvalue weighted by Gasteiger charge is -2.31. The molecule has 0 bridgehead atoms. The number of benzene rings is 2. The normalized spacial score (nSPS) is 20.6. The van der Waals surface area contributed by atoms with E-state index in [4.69, 9.17) is 10.5 Å². The van der Waals surface area contributed by atoms with Crippen LogP contribution in [0.1, 0.15) is 37.3 Å². The molecule has 0 unspecified atom stereocenters. The lowest BCUT2D eigenvalue weighted by Crippen LogP contribution is -2.43. The van der Waals surface area contributed by atoms with Crippen LogP contribution in [-0.2, 0) is 6.18 Å². The molecular formula is C29H26F6N6OS. The summed E-state index contributed by atoms with van der Waals surface area (Å²) in [6.07, 6.45) is -4.24. The summed E-state index contributed by atoms with van der Waals surface area (Å²) in [5.41, 5.74) is 2.05. The number of nitriles is 1. The fourth-order valence-corrected chi connectivity index (χ4v) is 7.29. The number of alkyl halides is 4. The van der Waals surface area contributed by atoms with E-state index >= 15 is 4.39 Å². The fraction of sp³-hybridized carbons (Fsp3) is 0.414. The van der Waals surface area contributed by atoms with Gasteiger partial charge in [-0.05, 0) is 44.0 Å². The monoisotopic (exact) mass is 620 g/mol. The van der Waals surface area contributed by atoms with Gasteiger partial charge in [0.15, 0.2) is 5.82 Å². The van der Waals surface area contributed by atoms with Crippen LogP contribution in [-0.4, -0.2) is 59.9 Å². The second-order valence-electron chi connectivity index (χ2n) is 11.0. The number of nitrogens with zero attached hydrogens (tertiary/aromatic N) is 5. The third-order valence-electron chi connectivity index (χ3n) is 8.46. The van der Waals surface area contributed by atoms with E-state index in [1.54, 1.807) is 14.0 Å². The number of halogens is 6. The maximum absolute atomic E-state index is 16.6. The Hall–Kier alpha value is -3.83. The van der Waals surface area contributed by atoms with Crippen LogP contribution in [0.15, 0.2) is 18.2 Å². The molecule has 0 saturated carbocycles. The van der Waals surface area contributed by atoms with Gasteiger partial charge in [-0.25, -0.2) is 13.2 Å². The van der Waals surface area contributed by atoms with Crippen molar-refractivity contribution in [1.82, 2.24) is 14.9 Å². The van der Waals surface area contributed by atoms with E-state index < -0.39 is 46.2 Å². The highest BCUT2D eigenvalue weighted by Gasteiger charge is 2.49. The summed E-state index contributed by atoms with van der Waals surface area (Å²) in [6, 6.07) is 4.22. The fourth-order valence-electron chi connectivity index (χ4n) is 6.34. The highest BCUT2D eigenvalue weighted by Crippen LogP contribution is 2.48. The van der Waals surface area contributed by atoms with E-state index in [0.717, 1.165) is 24.6 Å². The quantitative estimate of drug-likeness (QED) is 0.241. The standard InChI is InChI=1S/C29H26F6N6OS/c1-3-40(2)26-16-9-18(29(33,34)35)21(15-5-6-19(31)24-20(15)17(11-36)25(37)43-24)22(32)23(16)38-27(39-26)42-13-28-7-4-8-41(28)12-14(30)10-28/h5-6,9,14H,3-4,7-8,10,12-13,37H2,1-2H3/t14-,28+/m1/s1. The second-order valence-corrected chi connectivity index (χ2v) is 12.0. The molecule has 2 saturated heterocycles. The van der Waals surface area contributed by atoms with Gasteiger partial charge in [0.25, 0.3) is 0 Å². The predicted molar refractivity (Wildman–Crippen MR) is 152 cm³/mol. The molecule has 0 spiro atoms. The topological polar surface area (TPSA) is 91.3 Å². The average molecular weight is 621 g/mol. The molecule has 6 rings (SSSR count). The number of nitrogens with two attached hydrogens (primary N) is 1. The number of rotatable bonds is 6. The minimum absolute atomic E-state index is 0.00997. The summed E-state index contributed by atoms with van der Waals surface area (Å²) in [5, 5.41) is 9.17. The first-order chi connectivity index (χ1) is 20.4. The molecule has 2 fully saturated rings. The van der Waals surface area contributed by atoms with E-state index in [1.807, 2.05) is 11.0 Å². The third-order valence-corrected chi connectivity index (χ3v) is 9.49. The molecule has 0 radical (unpaired) electrons. The van der Waals surface area contributed by atoms with Gasteiger partial charge in [-0.15, -0.1) is 11.3 Å². The molecule has 2 aromatic heterocycles. The number of fused-ring (bicyclic) bond motifs is 3. The van der Waals surface area contributed by atoms with Crippen molar-refractivity contribution >= 4 is 43.1 Å². The van der Waals surface area contributed by atoms with Crippen molar-refractivity contribution in [1.29, 1.82) is 5.26 Å². The van der Waals surface area contributed by atoms with Gasteiger partial charge in [-0.3, -0.25) is 4.90 Å². The second kappa shape index (κ2) is 10.4. The molecule has 226 valence electrons. The maximum atomic E-state index is 16.6. The SMILES string of the molecule is CCN(C)c1nc(OC[C@@]23CCCN2C[C@H](F)C3)nc2c(F)c(-c3ccc(F)c4sc(N)c(C#N)c34)c(C(F)(F)F)cc12. The van der Waals surface area contributed by atoms with E-state index in [1.165, 1.54) is 4.90 Å². The van der Waals surface area contributed by atoms with Crippen molar-refractivity contribution in [2.24, 2.45) is 0 Å². The van der Waals surface area contributed by atoms with Crippen molar-refractivity contribution in [3.63, 3.8) is 0 Å². The van der Waals surface area contributed by atoms with Crippen LogP contribution in [0.5, 0.6) is 6.01 Å². The van der Waals surface area contributed by atoms with Crippen molar-refractivity contribution in [2.75, 3.05) is 43.9 Å². The van der Waals surface area contributed by atoms with Gasteiger partial charge in [-0.1, -0.05) is 6.07 Å². The van der Waals surface area contributed by atoms with Gasteiger partial charge in [-0.2, -0.15) is 28.4 Å². The first-order valence-electron chi connectivity index (χ1n) is 13.6. The Balaban J connectivity index is 1.59.